The Labute approximate surface area is 130 Å². The zero-order valence-corrected chi connectivity index (χ0v) is 14.4. The van der Waals surface area contributed by atoms with Crippen molar-refractivity contribution < 1.29 is 17.5 Å². The van der Waals surface area contributed by atoms with Crippen LogP contribution in [-0.4, -0.2) is 19.2 Å². The molecule has 0 bridgehead atoms. The van der Waals surface area contributed by atoms with Crippen molar-refractivity contribution in [2.24, 2.45) is 0 Å². The summed E-state index contributed by atoms with van der Waals surface area (Å²) >= 11 is 0. The van der Waals surface area contributed by atoms with E-state index in [9.17, 15) is 0 Å². The van der Waals surface area contributed by atoms with Gasteiger partial charge in [0.15, 0.2) is 12.4 Å². The van der Waals surface area contributed by atoms with Crippen molar-refractivity contribution in [1.29, 1.82) is 0 Å². The number of pyridine rings is 1. The number of aromatic nitrogens is 1. The maximum atomic E-state index is 9.08. The number of unbranched alkanes of at least 4 members (excludes halogenated alkanes) is 4. The number of hydrogen-bond donors (Lipinski definition) is 0. The third kappa shape index (κ3) is 15.3. The fourth-order valence-corrected chi connectivity index (χ4v) is 1.99. The predicted molar refractivity (Wildman–Crippen MR) is 85.0 cm³/mol. The monoisotopic (exact) mass is 315 g/mol. The lowest BCUT2D eigenvalue weighted by atomic mass is 10.1. The number of hydrogen-bond acceptors (Lipinski definition) is 3. The van der Waals surface area contributed by atoms with Gasteiger partial charge >= 0.3 is 0 Å². The first-order valence-corrected chi connectivity index (χ1v) is 9.57. The van der Waals surface area contributed by atoms with Crippen molar-refractivity contribution >= 4 is 10.1 Å². The van der Waals surface area contributed by atoms with Crippen molar-refractivity contribution in [2.45, 2.75) is 65.3 Å². The summed E-state index contributed by atoms with van der Waals surface area (Å²) in [5.74, 6) is 0. The van der Waals surface area contributed by atoms with Crippen molar-refractivity contribution in [1.82, 2.24) is 0 Å². The van der Waals surface area contributed by atoms with Gasteiger partial charge in [0.25, 0.3) is 0 Å². The molecule has 122 valence electrons. The second kappa shape index (κ2) is 11.7. The molecule has 0 radical (unpaired) electrons. The Hall–Kier alpha value is -0.940. The molecule has 1 heterocycles. The highest BCUT2D eigenvalue weighted by atomic mass is 32.2. The molecule has 0 saturated heterocycles. The molecule has 0 aliphatic heterocycles. The molecular weight excluding hydrogens is 286 g/mol. The van der Waals surface area contributed by atoms with Crippen LogP contribution in [0.2, 0.25) is 0 Å². The molecule has 0 aromatic carbocycles. The zero-order valence-electron chi connectivity index (χ0n) is 13.5. The lowest BCUT2D eigenvalue weighted by Gasteiger charge is -1.99. The van der Waals surface area contributed by atoms with Crippen LogP contribution in [0, 0.1) is 0 Å². The maximum Gasteiger partial charge on any atom is 0.169 e. The fraction of sp³-hybridized carbons (Fsp3) is 0.688. The van der Waals surface area contributed by atoms with Gasteiger partial charge in [0.05, 0.1) is 10.1 Å². The first kappa shape index (κ1) is 20.1. The van der Waals surface area contributed by atoms with Gasteiger partial charge in [0.1, 0.15) is 6.54 Å². The van der Waals surface area contributed by atoms with E-state index in [1.165, 1.54) is 57.1 Å². The highest BCUT2D eigenvalue weighted by Crippen LogP contribution is 2.03. The summed E-state index contributed by atoms with van der Waals surface area (Å²) in [6.07, 6.45) is 14.3. The fourth-order valence-electron chi connectivity index (χ4n) is 1.99. The van der Waals surface area contributed by atoms with Gasteiger partial charge in [-0.25, -0.2) is 13.0 Å². The van der Waals surface area contributed by atoms with E-state index < -0.39 is 10.1 Å². The molecule has 0 aliphatic carbocycles. The Kier molecular flexibility index (Phi) is 11.2. The molecular formula is C16H29NO3S. The second-order valence-corrected chi connectivity index (χ2v) is 6.72. The second-order valence-electron chi connectivity index (χ2n) is 5.31. The first-order valence-electron chi connectivity index (χ1n) is 7.75. The Morgan fingerprint density at radius 2 is 1.52 bits per heavy atom. The summed E-state index contributed by atoms with van der Waals surface area (Å²) in [5, 5.41) is 0. The maximum absolute atomic E-state index is 9.08. The summed E-state index contributed by atoms with van der Waals surface area (Å²) in [7, 11) is -3.92. The van der Waals surface area contributed by atoms with Gasteiger partial charge in [-0.15, -0.1) is 0 Å². The number of aryl methyl sites for hydroxylation is 2. The van der Waals surface area contributed by atoms with Crippen LogP contribution in [-0.2, 0) is 23.1 Å². The smallest absolute Gasteiger partial charge is 0.169 e. The molecule has 1 aromatic heterocycles. The van der Waals surface area contributed by atoms with Crippen LogP contribution in [0.25, 0.3) is 0 Å². The van der Waals surface area contributed by atoms with Crippen LogP contribution < -0.4 is 4.57 Å². The van der Waals surface area contributed by atoms with Crippen LogP contribution in [0.15, 0.2) is 24.5 Å². The first-order chi connectivity index (χ1) is 9.86. The Balaban J connectivity index is 0.000000690. The third-order valence-electron chi connectivity index (χ3n) is 3.02. The van der Waals surface area contributed by atoms with Crippen LogP contribution in [0.1, 0.15) is 57.9 Å². The Morgan fingerprint density at radius 3 is 2.00 bits per heavy atom. The summed E-state index contributed by atoms with van der Waals surface area (Å²) in [6.45, 7) is 5.67. The van der Waals surface area contributed by atoms with Gasteiger partial charge in [0, 0.05) is 24.8 Å². The van der Waals surface area contributed by atoms with E-state index in [-0.39, 0.29) is 0 Å². The third-order valence-corrected chi connectivity index (χ3v) is 3.02. The van der Waals surface area contributed by atoms with E-state index in [0.717, 1.165) is 0 Å². The molecule has 1 aromatic rings. The van der Waals surface area contributed by atoms with Crippen molar-refractivity contribution in [3.8, 4) is 0 Å². The minimum Gasteiger partial charge on any atom is -0.748 e. The van der Waals surface area contributed by atoms with Crippen LogP contribution in [0.4, 0.5) is 0 Å². The average Bonchev–Trinajstić information content (AvgIpc) is 2.39. The van der Waals surface area contributed by atoms with E-state index in [1.54, 1.807) is 0 Å². The minimum atomic E-state index is -3.92. The summed E-state index contributed by atoms with van der Waals surface area (Å²) in [5.41, 5.74) is 1.46. The summed E-state index contributed by atoms with van der Waals surface area (Å²) in [6, 6.07) is 4.52. The molecule has 0 fully saturated rings. The van der Waals surface area contributed by atoms with E-state index in [2.05, 4.69) is 42.9 Å². The molecule has 4 nitrogen and oxygen atoms in total. The molecule has 21 heavy (non-hydrogen) atoms. The topological polar surface area (TPSA) is 61.1 Å². The molecule has 5 heteroatoms. The van der Waals surface area contributed by atoms with E-state index in [4.69, 9.17) is 13.0 Å². The van der Waals surface area contributed by atoms with Gasteiger partial charge in [-0.1, -0.05) is 39.5 Å². The quantitative estimate of drug-likeness (QED) is 0.421. The highest BCUT2D eigenvalue weighted by Gasteiger charge is 2.00. The lowest BCUT2D eigenvalue weighted by molar-refractivity contribution is -0.697. The SMILES string of the molecule is CCCCCCC[n+]1ccc(CCC)cc1.CS(=O)(=O)[O-]. The van der Waals surface area contributed by atoms with Crippen LogP contribution >= 0.6 is 0 Å². The van der Waals surface area contributed by atoms with Gasteiger partial charge in [-0.3, -0.25) is 0 Å². The van der Waals surface area contributed by atoms with Gasteiger partial charge < -0.3 is 4.55 Å². The number of rotatable bonds is 8. The molecule has 1 rings (SSSR count). The Morgan fingerprint density at radius 1 is 1.00 bits per heavy atom. The lowest BCUT2D eigenvalue weighted by Crippen LogP contribution is -2.32. The van der Waals surface area contributed by atoms with Crippen LogP contribution in [0.5, 0.6) is 0 Å². The van der Waals surface area contributed by atoms with Crippen LogP contribution in [0.3, 0.4) is 0 Å². The standard InChI is InChI=1S/C15H26N.CH4O3S/c1-3-5-6-7-8-12-16-13-10-15(9-4-2)11-14-16;1-5(2,3)4/h10-11,13-14H,3-9,12H2,1-2H3;1H3,(H,2,3,4)/q+1;/p-1. The molecule has 0 aliphatic rings. The largest absolute Gasteiger partial charge is 0.748 e. The average molecular weight is 315 g/mol. The van der Waals surface area contributed by atoms with E-state index >= 15 is 0 Å². The van der Waals surface area contributed by atoms with Crippen molar-refractivity contribution in [3.05, 3.63) is 30.1 Å². The molecule has 0 atom stereocenters. The van der Waals surface area contributed by atoms with Gasteiger partial charge in [-0.05, 0) is 18.4 Å². The summed E-state index contributed by atoms with van der Waals surface area (Å²) < 4.78 is 29.5. The zero-order chi connectivity index (χ0) is 16.1. The van der Waals surface area contributed by atoms with Crippen molar-refractivity contribution in [3.63, 3.8) is 0 Å². The predicted octanol–water partition coefficient (Wildman–Crippen LogP) is 3.06. The molecule has 0 saturated carbocycles. The molecule has 0 unspecified atom stereocenters. The van der Waals surface area contributed by atoms with Gasteiger partial charge in [-0.2, -0.15) is 0 Å². The Bertz CT molecular complexity index is 447. The minimum absolute atomic E-state index is 0.604. The van der Waals surface area contributed by atoms with Gasteiger partial charge in [0.2, 0.25) is 0 Å². The van der Waals surface area contributed by atoms with E-state index in [1.807, 2.05) is 0 Å². The number of nitrogens with zero attached hydrogens (tertiary/aromatic N) is 1. The molecule has 0 spiro atoms. The summed E-state index contributed by atoms with van der Waals surface area (Å²) in [4.78, 5) is 0. The van der Waals surface area contributed by atoms with Crippen molar-refractivity contribution in [2.75, 3.05) is 6.26 Å². The molecule has 0 amide bonds. The van der Waals surface area contributed by atoms with E-state index in [0.29, 0.717) is 6.26 Å². The molecule has 0 N–H and O–H groups in total. The normalized spacial score (nSPS) is 10.9. The highest BCUT2D eigenvalue weighted by molar-refractivity contribution is 7.84.